The summed E-state index contributed by atoms with van der Waals surface area (Å²) in [5, 5.41) is 0. The summed E-state index contributed by atoms with van der Waals surface area (Å²) in [5.41, 5.74) is 5.68. The molecule has 0 unspecified atom stereocenters. The van der Waals surface area contributed by atoms with Gasteiger partial charge in [-0.15, -0.1) is 0 Å². The number of carbonyl (C=O) groups is 1. The van der Waals surface area contributed by atoms with Gasteiger partial charge in [0.15, 0.2) is 0 Å². The van der Waals surface area contributed by atoms with Crippen molar-refractivity contribution < 1.29 is 18.7 Å². The molecule has 1 aromatic carbocycles. The molecule has 1 saturated heterocycles. The molecule has 5 nitrogen and oxygen atoms in total. The Hall–Kier alpha value is -1.95. The van der Waals surface area contributed by atoms with Crippen LogP contribution in [0.1, 0.15) is 31.4 Å². The number of aliphatic imine (C=N–C) groups is 1. The number of benzene rings is 1. The van der Waals surface area contributed by atoms with Crippen LogP contribution in [0.15, 0.2) is 23.2 Å². The summed E-state index contributed by atoms with van der Waals surface area (Å²) in [6, 6.07) is 4.83. The first kappa shape index (κ1) is 15.9. The number of Topliss-reactive ketones (excluding diaryl/α,β-unsaturated/α-hetero) is 1. The Balaban J connectivity index is 1.87. The molecule has 0 saturated carbocycles. The predicted molar refractivity (Wildman–Crippen MR) is 83.6 cm³/mol. The van der Waals surface area contributed by atoms with Gasteiger partial charge in [0.25, 0.3) is 6.02 Å². The predicted octanol–water partition coefficient (Wildman–Crippen LogP) is 1.92. The highest BCUT2D eigenvalue weighted by Crippen LogP contribution is 2.35. The third-order valence-electron chi connectivity index (χ3n) is 4.69. The van der Waals surface area contributed by atoms with E-state index in [0.29, 0.717) is 31.8 Å². The van der Waals surface area contributed by atoms with Crippen LogP contribution in [0.3, 0.4) is 0 Å². The van der Waals surface area contributed by atoms with Crippen molar-refractivity contribution in [3.8, 4) is 0 Å². The molecule has 124 valence electrons. The summed E-state index contributed by atoms with van der Waals surface area (Å²) in [5.74, 6) is -0.234. The van der Waals surface area contributed by atoms with Crippen LogP contribution in [0.4, 0.5) is 4.39 Å². The minimum atomic E-state index is -0.769. The maximum absolute atomic E-state index is 14.3. The zero-order valence-electron chi connectivity index (χ0n) is 13.4. The van der Waals surface area contributed by atoms with Gasteiger partial charge in [0.05, 0.1) is 30.8 Å². The van der Waals surface area contributed by atoms with Crippen molar-refractivity contribution in [2.45, 2.75) is 32.2 Å². The summed E-state index contributed by atoms with van der Waals surface area (Å²) in [4.78, 5) is 16.6. The minimum Gasteiger partial charge on any atom is -0.465 e. The number of hydrogen-bond donors (Lipinski definition) is 1. The van der Waals surface area contributed by atoms with Crippen molar-refractivity contribution in [3.63, 3.8) is 0 Å². The Labute approximate surface area is 134 Å². The van der Waals surface area contributed by atoms with Gasteiger partial charge in [0.1, 0.15) is 11.6 Å². The van der Waals surface area contributed by atoms with Crippen LogP contribution in [0, 0.1) is 11.2 Å². The van der Waals surface area contributed by atoms with Crippen LogP contribution in [-0.4, -0.2) is 31.6 Å². The highest BCUT2D eigenvalue weighted by Gasteiger charge is 2.40. The largest absolute Gasteiger partial charge is 0.465 e. The molecular weight excluding hydrogens is 299 g/mol. The van der Waals surface area contributed by atoms with Gasteiger partial charge in [-0.3, -0.25) is 4.79 Å². The van der Waals surface area contributed by atoms with Crippen LogP contribution in [0.25, 0.3) is 0 Å². The van der Waals surface area contributed by atoms with E-state index in [1.807, 2.05) is 13.8 Å². The number of amidine groups is 1. The van der Waals surface area contributed by atoms with Crippen LogP contribution in [0.2, 0.25) is 0 Å². The molecule has 1 fully saturated rings. The summed E-state index contributed by atoms with van der Waals surface area (Å²) in [6.07, 6.45) is 0.798. The van der Waals surface area contributed by atoms with Crippen LogP contribution >= 0.6 is 0 Å². The van der Waals surface area contributed by atoms with E-state index in [9.17, 15) is 9.18 Å². The Morgan fingerprint density at radius 3 is 2.74 bits per heavy atom. The molecule has 2 N–H and O–H groups in total. The molecule has 0 bridgehead atoms. The van der Waals surface area contributed by atoms with Gasteiger partial charge < -0.3 is 15.2 Å². The van der Waals surface area contributed by atoms with E-state index in [1.165, 1.54) is 6.07 Å². The van der Waals surface area contributed by atoms with Gasteiger partial charge >= 0.3 is 0 Å². The number of ether oxygens (including phenoxy) is 2. The summed E-state index contributed by atoms with van der Waals surface area (Å²) < 4.78 is 24.6. The van der Waals surface area contributed by atoms with E-state index >= 15 is 0 Å². The third kappa shape index (κ3) is 2.95. The molecule has 0 spiro atoms. The third-order valence-corrected chi connectivity index (χ3v) is 4.69. The monoisotopic (exact) mass is 320 g/mol. The molecular formula is C17H21FN2O3. The summed E-state index contributed by atoms with van der Waals surface area (Å²) in [7, 11) is 0. The molecule has 23 heavy (non-hydrogen) atoms. The average Bonchev–Trinajstić information content (AvgIpc) is 2.46. The summed E-state index contributed by atoms with van der Waals surface area (Å²) >= 11 is 0. The Kier molecular flexibility index (Phi) is 3.88. The lowest BCUT2D eigenvalue weighted by molar-refractivity contribution is -0.154. The van der Waals surface area contributed by atoms with Crippen molar-refractivity contribution in [2.24, 2.45) is 16.1 Å². The molecule has 6 heteroatoms. The van der Waals surface area contributed by atoms with Crippen molar-refractivity contribution >= 4 is 11.8 Å². The van der Waals surface area contributed by atoms with Crippen molar-refractivity contribution in [3.05, 3.63) is 35.1 Å². The van der Waals surface area contributed by atoms with Gasteiger partial charge in [0.2, 0.25) is 0 Å². The maximum Gasteiger partial charge on any atom is 0.282 e. The second-order valence-electron chi connectivity index (χ2n) is 6.79. The highest BCUT2D eigenvalue weighted by atomic mass is 19.1. The molecule has 1 atom stereocenters. The molecule has 2 heterocycles. The number of ketones is 1. The number of halogens is 1. The highest BCUT2D eigenvalue weighted by molar-refractivity contribution is 5.87. The van der Waals surface area contributed by atoms with E-state index in [1.54, 1.807) is 12.1 Å². The lowest BCUT2D eigenvalue weighted by atomic mass is 9.80. The molecule has 0 aromatic heterocycles. The van der Waals surface area contributed by atoms with Crippen molar-refractivity contribution in [2.75, 3.05) is 19.8 Å². The Morgan fingerprint density at radius 1 is 1.39 bits per heavy atom. The first-order valence-corrected chi connectivity index (χ1v) is 7.70. The number of nitrogens with zero attached hydrogens (tertiary/aromatic N) is 1. The molecule has 2 aliphatic heterocycles. The minimum absolute atomic E-state index is 0.0683. The van der Waals surface area contributed by atoms with Crippen LogP contribution in [0.5, 0.6) is 0 Å². The zero-order chi connectivity index (χ0) is 16.7. The SMILES string of the molecule is CC1(C(=O)Cc2ccc(F)c([C@]3(C)CCOC(N)=N3)c2)COC1. The average molecular weight is 320 g/mol. The Bertz CT molecular complexity index is 670. The molecule has 2 aliphatic rings. The van der Waals surface area contributed by atoms with Crippen molar-refractivity contribution in [1.82, 2.24) is 0 Å². The first-order valence-electron chi connectivity index (χ1n) is 7.70. The second kappa shape index (κ2) is 5.60. The summed E-state index contributed by atoms with van der Waals surface area (Å²) in [6.45, 7) is 5.02. The van der Waals surface area contributed by atoms with E-state index in [0.717, 1.165) is 5.56 Å². The number of hydrogen-bond acceptors (Lipinski definition) is 5. The van der Waals surface area contributed by atoms with E-state index in [-0.39, 0.29) is 24.0 Å². The number of nitrogens with two attached hydrogens (primary N) is 1. The smallest absolute Gasteiger partial charge is 0.282 e. The van der Waals surface area contributed by atoms with E-state index in [4.69, 9.17) is 15.2 Å². The standard InChI is InChI=1S/C17H21FN2O3/c1-16(9-22-10-16)14(21)8-11-3-4-13(18)12(7-11)17(2)5-6-23-15(19)20-17/h3-4,7H,5-6,8-10H2,1-2H3,(H2,19,20)/t17-/m0/s1. The lowest BCUT2D eigenvalue weighted by Gasteiger charge is -2.36. The van der Waals surface area contributed by atoms with Gasteiger partial charge in [-0.25, -0.2) is 9.38 Å². The Morgan fingerprint density at radius 2 is 2.13 bits per heavy atom. The zero-order valence-corrected chi connectivity index (χ0v) is 13.4. The molecule has 0 radical (unpaired) electrons. The van der Waals surface area contributed by atoms with Crippen molar-refractivity contribution in [1.29, 1.82) is 0 Å². The van der Waals surface area contributed by atoms with E-state index in [2.05, 4.69) is 4.99 Å². The lowest BCUT2D eigenvalue weighted by Crippen LogP contribution is -2.47. The molecule has 0 aliphatic carbocycles. The van der Waals surface area contributed by atoms with Gasteiger partial charge in [-0.05, 0) is 31.5 Å². The number of carbonyl (C=O) groups excluding carboxylic acids is 1. The second-order valence-corrected chi connectivity index (χ2v) is 6.79. The topological polar surface area (TPSA) is 73.9 Å². The number of rotatable bonds is 4. The molecule has 3 rings (SSSR count). The van der Waals surface area contributed by atoms with Gasteiger partial charge in [-0.1, -0.05) is 6.07 Å². The van der Waals surface area contributed by atoms with Gasteiger partial charge in [-0.2, -0.15) is 0 Å². The van der Waals surface area contributed by atoms with E-state index < -0.39 is 11.0 Å². The normalized spacial score (nSPS) is 26.0. The fraction of sp³-hybridized carbons (Fsp3) is 0.529. The van der Waals surface area contributed by atoms with Crippen LogP contribution < -0.4 is 5.73 Å². The molecule has 0 amide bonds. The van der Waals surface area contributed by atoms with Gasteiger partial charge in [0, 0.05) is 18.4 Å². The fourth-order valence-electron chi connectivity index (χ4n) is 2.94. The quantitative estimate of drug-likeness (QED) is 0.920. The molecule has 1 aromatic rings. The van der Waals surface area contributed by atoms with Crippen LogP contribution in [-0.2, 0) is 26.2 Å². The first-order chi connectivity index (χ1) is 10.8. The maximum atomic E-state index is 14.3. The fourth-order valence-corrected chi connectivity index (χ4v) is 2.94.